The van der Waals surface area contributed by atoms with E-state index in [-0.39, 0.29) is 18.0 Å². The summed E-state index contributed by atoms with van der Waals surface area (Å²) in [6, 6.07) is 6.23. The van der Waals surface area contributed by atoms with Gasteiger partial charge in [0.1, 0.15) is 11.4 Å². The van der Waals surface area contributed by atoms with Gasteiger partial charge in [0.15, 0.2) is 0 Å². The number of aryl methyl sites for hydroxylation is 2. The number of carbonyl (C=O) groups excluding carboxylic acids is 1. The Morgan fingerprint density at radius 2 is 1.93 bits per heavy atom. The molecule has 0 radical (unpaired) electrons. The summed E-state index contributed by atoms with van der Waals surface area (Å²) in [6.45, 7) is 5.75. The SMILES string of the molecule is Cc1ccc(-c2csc3ncn(CC(=O)N4CCCCC4)c(=O)c23)c(C)c1. The maximum atomic E-state index is 13.1. The monoisotopic (exact) mass is 381 g/mol. The lowest BCUT2D eigenvalue weighted by atomic mass is 9.99. The summed E-state index contributed by atoms with van der Waals surface area (Å²) in [6.07, 6.45) is 4.76. The number of aromatic nitrogens is 2. The number of carbonyl (C=O) groups is 1. The molecular formula is C21H23N3O2S. The molecule has 6 heteroatoms. The zero-order valence-electron chi connectivity index (χ0n) is 15.7. The number of likely N-dealkylation sites (tertiary alicyclic amines) is 1. The Bertz CT molecular complexity index is 1060. The highest BCUT2D eigenvalue weighted by Crippen LogP contribution is 2.33. The van der Waals surface area contributed by atoms with Crippen LogP contribution in [0.3, 0.4) is 0 Å². The van der Waals surface area contributed by atoms with E-state index in [0.717, 1.165) is 47.5 Å². The first-order valence-corrected chi connectivity index (χ1v) is 10.2. The molecule has 3 aromatic rings. The lowest BCUT2D eigenvalue weighted by Gasteiger charge is -2.26. The van der Waals surface area contributed by atoms with Crippen molar-refractivity contribution in [3.05, 3.63) is 51.4 Å². The van der Waals surface area contributed by atoms with E-state index in [1.54, 1.807) is 0 Å². The molecular weight excluding hydrogens is 358 g/mol. The predicted octanol–water partition coefficient (Wildman–Crippen LogP) is 3.75. The fraction of sp³-hybridized carbons (Fsp3) is 0.381. The Morgan fingerprint density at radius 1 is 1.15 bits per heavy atom. The van der Waals surface area contributed by atoms with Gasteiger partial charge in [0.05, 0.1) is 11.7 Å². The third-order valence-electron chi connectivity index (χ3n) is 5.25. The number of nitrogens with zero attached hydrogens (tertiary/aromatic N) is 3. The van der Waals surface area contributed by atoms with Gasteiger partial charge in [-0.15, -0.1) is 11.3 Å². The number of fused-ring (bicyclic) bond motifs is 1. The maximum Gasteiger partial charge on any atom is 0.263 e. The molecule has 1 aliphatic heterocycles. The van der Waals surface area contributed by atoms with E-state index in [4.69, 9.17) is 0 Å². The molecule has 2 aromatic heterocycles. The van der Waals surface area contributed by atoms with Gasteiger partial charge >= 0.3 is 0 Å². The molecule has 0 saturated carbocycles. The molecule has 0 unspecified atom stereocenters. The van der Waals surface area contributed by atoms with E-state index in [9.17, 15) is 9.59 Å². The van der Waals surface area contributed by atoms with E-state index in [2.05, 4.69) is 37.0 Å². The molecule has 1 aromatic carbocycles. The van der Waals surface area contributed by atoms with Gasteiger partial charge in [0, 0.05) is 24.0 Å². The second kappa shape index (κ2) is 7.27. The molecule has 0 bridgehead atoms. The predicted molar refractivity (Wildman–Crippen MR) is 109 cm³/mol. The summed E-state index contributed by atoms with van der Waals surface area (Å²) >= 11 is 1.47. The molecule has 1 aliphatic rings. The van der Waals surface area contributed by atoms with Crippen LogP contribution in [0.25, 0.3) is 21.3 Å². The number of hydrogen-bond acceptors (Lipinski definition) is 4. The van der Waals surface area contributed by atoms with Gasteiger partial charge in [-0.25, -0.2) is 4.98 Å². The van der Waals surface area contributed by atoms with Crippen molar-refractivity contribution in [2.75, 3.05) is 13.1 Å². The summed E-state index contributed by atoms with van der Waals surface area (Å²) in [4.78, 5) is 32.7. The molecule has 5 nitrogen and oxygen atoms in total. The van der Waals surface area contributed by atoms with Crippen molar-refractivity contribution in [3.8, 4) is 11.1 Å². The number of hydrogen-bond donors (Lipinski definition) is 0. The molecule has 4 rings (SSSR count). The smallest absolute Gasteiger partial charge is 0.263 e. The molecule has 1 amide bonds. The number of rotatable bonds is 3. The fourth-order valence-corrected chi connectivity index (χ4v) is 4.68. The van der Waals surface area contributed by atoms with Crippen molar-refractivity contribution in [1.82, 2.24) is 14.5 Å². The molecule has 0 aliphatic carbocycles. The number of benzene rings is 1. The zero-order valence-corrected chi connectivity index (χ0v) is 16.5. The minimum Gasteiger partial charge on any atom is -0.341 e. The lowest BCUT2D eigenvalue weighted by molar-refractivity contribution is -0.132. The summed E-state index contributed by atoms with van der Waals surface area (Å²) in [5.74, 6) is 0.00115. The molecule has 140 valence electrons. The minimum atomic E-state index is -0.137. The van der Waals surface area contributed by atoms with Crippen molar-refractivity contribution in [2.45, 2.75) is 39.7 Å². The van der Waals surface area contributed by atoms with Crippen LogP contribution < -0.4 is 5.56 Å². The molecule has 1 saturated heterocycles. The normalized spacial score (nSPS) is 14.7. The van der Waals surface area contributed by atoms with Gasteiger partial charge in [-0.2, -0.15) is 0 Å². The van der Waals surface area contributed by atoms with Crippen LogP contribution in [0, 0.1) is 13.8 Å². The summed E-state index contributed by atoms with van der Waals surface area (Å²) < 4.78 is 1.46. The second-order valence-corrected chi connectivity index (χ2v) is 8.13. The first kappa shape index (κ1) is 17.9. The minimum absolute atomic E-state index is 0.00115. The highest BCUT2D eigenvalue weighted by atomic mass is 32.1. The summed E-state index contributed by atoms with van der Waals surface area (Å²) in [7, 11) is 0. The molecule has 0 atom stereocenters. The van der Waals surface area contributed by atoms with E-state index in [0.29, 0.717) is 5.39 Å². The highest BCUT2D eigenvalue weighted by molar-refractivity contribution is 7.17. The van der Waals surface area contributed by atoms with Crippen LogP contribution in [0.5, 0.6) is 0 Å². The standard InChI is InChI=1S/C21H23N3O2S/c1-14-6-7-16(15(2)10-14)17-12-27-20-19(17)21(26)24(13-22-20)11-18(25)23-8-4-3-5-9-23/h6-7,10,12-13H,3-5,8-9,11H2,1-2H3. The third kappa shape index (κ3) is 3.41. The van der Waals surface area contributed by atoms with Crippen LogP contribution in [-0.2, 0) is 11.3 Å². The molecule has 0 N–H and O–H groups in total. The quantitative estimate of drug-likeness (QED) is 0.694. The Morgan fingerprint density at radius 3 is 2.67 bits per heavy atom. The Kier molecular flexibility index (Phi) is 4.83. The Hall–Kier alpha value is -2.47. The van der Waals surface area contributed by atoms with E-state index >= 15 is 0 Å². The first-order valence-electron chi connectivity index (χ1n) is 9.36. The van der Waals surface area contributed by atoms with E-state index < -0.39 is 0 Å². The molecule has 0 spiro atoms. The van der Waals surface area contributed by atoms with Crippen LogP contribution in [-0.4, -0.2) is 33.4 Å². The van der Waals surface area contributed by atoms with Crippen LogP contribution in [0.15, 0.2) is 34.7 Å². The number of piperidine rings is 1. The second-order valence-electron chi connectivity index (χ2n) is 7.27. The third-order valence-corrected chi connectivity index (χ3v) is 6.13. The molecule has 3 heterocycles. The largest absolute Gasteiger partial charge is 0.341 e. The van der Waals surface area contributed by atoms with Crippen molar-refractivity contribution in [3.63, 3.8) is 0 Å². The molecule has 1 fully saturated rings. The van der Waals surface area contributed by atoms with Gasteiger partial charge in [-0.1, -0.05) is 23.8 Å². The number of thiophene rings is 1. The van der Waals surface area contributed by atoms with Gasteiger partial charge in [0.25, 0.3) is 5.56 Å². The van der Waals surface area contributed by atoms with E-state index in [1.165, 1.54) is 34.2 Å². The van der Waals surface area contributed by atoms with Crippen LogP contribution >= 0.6 is 11.3 Å². The zero-order chi connectivity index (χ0) is 19.0. The first-order chi connectivity index (χ1) is 13.0. The van der Waals surface area contributed by atoms with Gasteiger partial charge in [-0.3, -0.25) is 14.2 Å². The van der Waals surface area contributed by atoms with Crippen LogP contribution in [0.2, 0.25) is 0 Å². The van der Waals surface area contributed by atoms with Crippen molar-refractivity contribution in [2.24, 2.45) is 0 Å². The topological polar surface area (TPSA) is 55.2 Å². The Balaban J connectivity index is 1.73. The fourth-order valence-electron chi connectivity index (χ4n) is 3.78. The van der Waals surface area contributed by atoms with Gasteiger partial charge in [0.2, 0.25) is 5.91 Å². The van der Waals surface area contributed by atoms with Crippen LogP contribution in [0.4, 0.5) is 0 Å². The lowest BCUT2D eigenvalue weighted by Crippen LogP contribution is -2.39. The van der Waals surface area contributed by atoms with Gasteiger partial charge < -0.3 is 4.90 Å². The van der Waals surface area contributed by atoms with Crippen molar-refractivity contribution in [1.29, 1.82) is 0 Å². The Labute approximate surface area is 162 Å². The number of amides is 1. The van der Waals surface area contributed by atoms with Gasteiger partial charge in [-0.05, 0) is 44.2 Å². The van der Waals surface area contributed by atoms with E-state index in [1.807, 2.05) is 10.3 Å². The van der Waals surface area contributed by atoms with Crippen LogP contribution in [0.1, 0.15) is 30.4 Å². The average Bonchev–Trinajstić information content (AvgIpc) is 3.09. The van der Waals surface area contributed by atoms with Crippen molar-refractivity contribution < 1.29 is 4.79 Å². The maximum absolute atomic E-state index is 13.1. The summed E-state index contributed by atoms with van der Waals surface area (Å²) in [5, 5.41) is 2.61. The highest BCUT2D eigenvalue weighted by Gasteiger charge is 2.19. The summed E-state index contributed by atoms with van der Waals surface area (Å²) in [5.41, 5.74) is 4.14. The molecule has 27 heavy (non-hydrogen) atoms. The van der Waals surface area contributed by atoms with Crippen molar-refractivity contribution >= 4 is 27.5 Å². The average molecular weight is 382 g/mol.